The van der Waals surface area contributed by atoms with Crippen LogP contribution in [0.3, 0.4) is 0 Å². The van der Waals surface area contributed by atoms with Crippen LogP contribution in [0.1, 0.15) is 42.2 Å². The number of aryl methyl sites for hydroxylation is 2. The van der Waals surface area contributed by atoms with E-state index < -0.39 is 0 Å². The molecular formula is C26H24Cl2FN3O. The van der Waals surface area contributed by atoms with Gasteiger partial charge in [0.1, 0.15) is 17.2 Å². The number of amides is 1. The molecular weight excluding hydrogens is 460 g/mol. The molecule has 1 aliphatic heterocycles. The zero-order valence-corrected chi connectivity index (χ0v) is 19.8. The number of aromatic nitrogens is 2. The Morgan fingerprint density at radius 3 is 2.55 bits per heavy atom. The third kappa shape index (κ3) is 3.83. The molecule has 1 amide bonds. The third-order valence-electron chi connectivity index (χ3n) is 6.23. The molecule has 0 bridgehead atoms. The number of benzene rings is 2. The van der Waals surface area contributed by atoms with Crippen molar-refractivity contribution >= 4 is 34.8 Å². The van der Waals surface area contributed by atoms with Gasteiger partial charge in [0.25, 0.3) is 5.91 Å². The van der Waals surface area contributed by atoms with Crippen LogP contribution in [-0.4, -0.2) is 21.4 Å². The zero-order valence-electron chi connectivity index (χ0n) is 18.3. The summed E-state index contributed by atoms with van der Waals surface area (Å²) in [5.74, 6) is -0.424. The fourth-order valence-electron chi connectivity index (χ4n) is 4.74. The molecule has 1 N–H and O–H groups in total. The van der Waals surface area contributed by atoms with E-state index in [1.165, 1.54) is 12.1 Å². The minimum absolute atomic E-state index is 0.129. The second-order valence-corrected chi connectivity index (χ2v) is 9.22. The first-order chi connectivity index (χ1) is 16.0. The minimum Gasteiger partial charge on any atom is -0.351 e. The summed E-state index contributed by atoms with van der Waals surface area (Å²) in [5.41, 5.74) is 6.38. The summed E-state index contributed by atoms with van der Waals surface area (Å²) in [6.07, 6.45) is 5.73. The van der Waals surface area contributed by atoms with E-state index in [9.17, 15) is 9.18 Å². The lowest BCUT2D eigenvalue weighted by atomic mass is 9.97. The highest BCUT2D eigenvalue weighted by atomic mass is 35.5. The van der Waals surface area contributed by atoms with E-state index in [0.29, 0.717) is 22.3 Å². The topological polar surface area (TPSA) is 38.4 Å². The number of imidazole rings is 1. The number of carbonyl (C=O) groups excluding carboxylic acids is 1. The maximum absolute atomic E-state index is 13.7. The van der Waals surface area contributed by atoms with Gasteiger partial charge in [-0.05, 0) is 55.5 Å². The number of nitrogens with zero attached hydrogens (tertiary/aromatic N) is 2. The SMILES string of the molecule is CCCNC(=O)c1c(-c2ccc(F)cc2)c2c3n(c(-c4ccc(Cl)c(Cl)c4)cn13)CCCC2. The molecule has 0 spiro atoms. The number of rotatable bonds is 5. The van der Waals surface area contributed by atoms with Crippen LogP contribution >= 0.6 is 23.2 Å². The van der Waals surface area contributed by atoms with Crippen LogP contribution in [0.5, 0.6) is 0 Å². The van der Waals surface area contributed by atoms with E-state index in [0.717, 1.165) is 65.8 Å². The van der Waals surface area contributed by atoms with E-state index >= 15 is 0 Å². The molecule has 2 aromatic carbocycles. The van der Waals surface area contributed by atoms with Crippen molar-refractivity contribution < 1.29 is 9.18 Å². The van der Waals surface area contributed by atoms with Gasteiger partial charge in [0.2, 0.25) is 0 Å². The van der Waals surface area contributed by atoms with Crippen molar-refractivity contribution in [2.45, 2.75) is 39.2 Å². The van der Waals surface area contributed by atoms with Crippen molar-refractivity contribution in [1.82, 2.24) is 14.3 Å². The number of halogens is 3. The Morgan fingerprint density at radius 1 is 1.06 bits per heavy atom. The average Bonchev–Trinajstić information content (AvgIpc) is 3.22. The Morgan fingerprint density at radius 2 is 1.82 bits per heavy atom. The smallest absolute Gasteiger partial charge is 0.268 e. The van der Waals surface area contributed by atoms with Crippen molar-refractivity contribution in [2.75, 3.05) is 6.54 Å². The first-order valence-corrected chi connectivity index (χ1v) is 12.0. The zero-order chi connectivity index (χ0) is 23.1. The molecule has 4 aromatic rings. The standard InChI is InChI=1S/C26H24Cl2FN3O/c1-2-12-30-25(33)24-23(16-6-9-18(29)10-7-16)19-5-3-4-13-31-22(15-32(24)26(19)31)17-8-11-20(27)21(28)14-17/h6-11,14-15H,2-5,12-13H2,1H3,(H,30,33). The van der Waals surface area contributed by atoms with E-state index in [1.54, 1.807) is 18.2 Å². The fourth-order valence-corrected chi connectivity index (χ4v) is 5.04. The maximum atomic E-state index is 13.7. The van der Waals surface area contributed by atoms with Crippen LogP contribution in [0.25, 0.3) is 28.0 Å². The summed E-state index contributed by atoms with van der Waals surface area (Å²) in [4.78, 5) is 13.4. The van der Waals surface area contributed by atoms with Crippen LogP contribution in [-0.2, 0) is 13.0 Å². The fraction of sp³-hybridized carbons (Fsp3) is 0.269. The highest BCUT2D eigenvalue weighted by Crippen LogP contribution is 2.40. The van der Waals surface area contributed by atoms with Gasteiger partial charge in [0.15, 0.2) is 0 Å². The quantitative estimate of drug-likeness (QED) is 0.326. The molecule has 170 valence electrons. The molecule has 0 saturated carbocycles. The number of hydrogen-bond acceptors (Lipinski definition) is 1. The van der Waals surface area contributed by atoms with Crippen molar-refractivity contribution in [3.05, 3.63) is 75.8 Å². The lowest BCUT2D eigenvalue weighted by molar-refractivity contribution is 0.0948. The molecule has 0 radical (unpaired) electrons. The van der Waals surface area contributed by atoms with Crippen molar-refractivity contribution in [3.8, 4) is 22.4 Å². The number of carbonyl (C=O) groups is 1. The Hall–Kier alpha value is -2.76. The van der Waals surface area contributed by atoms with Crippen LogP contribution in [0, 0.1) is 5.82 Å². The molecule has 5 rings (SSSR count). The van der Waals surface area contributed by atoms with Crippen molar-refractivity contribution in [3.63, 3.8) is 0 Å². The Bertz CT molecular complexity index is 1350. The van der Waals surface area contributed by atoms with E-state index in [2.05, 4.69) is 9.88 Å². The molecule has 0 aliphatic carbocycles. The predicted octanol–water partition coefficient (Wildman–Crippen LogP) is 7.00. The highest BCUT2D eigenvalue weighted by Gasteiger charge is 2.29. The van der Waals surface area contributed by atoms with E-state index in [-0.39, 0.29) is 11.7 Å². The molecule has 3 heterocycles. The summed E-state index contributed by atoms with van der Waals surface area (Å²) in [6.45, 7) is 3.45. The van der Waals surface area contributed by atoms with Gasteiger partial charge in [-0.15, -0.1) is 0 Å². The molecule has 33 heavy (non-hydrogen) atoms. The molecule has 0 unspecified atom stereocenters. The summed E-state index contributed by atoms with van der Waals surface area (Å²) in [7, 11) is 0. The van der Waals surface area contributed by atoms with Gasteiger partial charge in [-0.25, -0.2) is 4.39 Å². The lowest BCUT2D eigenvalue weighted by Gasteiger charge is -2.10. The molecule has 0 atom stereocenters. The van der Waals surface area contributed by atoms with Gasteiger partial charge in [0.05, 0.1) is 15.7 Å². The monoisotopic (exact) mass is 483 g/mol. The largest absolute Gasteiger partial charge is 0.351 e. The maximum Gasteiger partial charge on any atom is 0.268 e. The minimum atomic E-state index is -0.295. The summed E-state index contributed by atoms with van der Waals surface area (Å²) in [5, 5.41) is 4.04. The summed E-state index contributed by atoms with van der Waals surface area (Å²) in [6, 6.07) is 12.0. The van der Waals surface area contributed by atoms with E-state index in [4.69, 9.17) is 23.2 Å². The summed E-state index contributed by atoms with van der Waals surface area (Å²) < 4.78 is 18.0. The van der Waals surface area contributed by atoms with Gasteiger partial charge in [-0.3, -0.25) is 9.20 Å². The first-order valence-electron chi connectivity index (χ1n) is 11.3. The van der Waals surface area contributed by atoms with Gasteiger partial charge in [-0.2, -0.15) is 0 Å². The van der Waals surface area contributed by atoms with Crippen LogP contribution in [0.4, 0.5) is 4.39 Å². The number of nitrogens with one attached hydrogen (secondary N) is 1. The Balaban J connectivity index is 1.80. The average molecular weight is 484 g/mol. The van der Waals surface area contributed by atoms with Crippen LogP contribution in [0.2, 0.25) is 10.0 Å². The molecule has 1 aliphatic rings. The van der Waals surface area contributed by atoms with E-state index in [1.807, 2.05) is 29.7 Å². The van der Waals surface area contributed by atoms with Crippen LogP contribution < -0.4 is 5.32 Å². The Kier molecular flexibility index (Phi) is 5.94. The van der Waals surface area contributed by atoms with Crippen molar-refractivity contribution in [1.29, 1.82) is 0 Å². The third-order valence-corrected chi connectivity index (χ3v) is 6.97. The molecule has 2 aromatic heterocycles. The molecule has 4 nitrogen and oxygen atoms in total. The second kappa shape index (κ2) is 8.88. The summed E-state index contributed by atoms with van der Waals surface area (Å²) >= 11 is 12.5. The molecule has 0 fully saturated rings. The molecule has 7 heteroatoms. The lowest BCUT2D eigenvalue weighted by Crippen LogP contribution is -2.25. The first kappa shape index (κ1) is 22.1. The van der Waals surface area contributed by atoms with Gasteiger partial charge in [-0.1, -0.05) is 48.3 Å². The predicted molar refractivity (Wildman–Crippen MR) is 132 cm³/mol. The van der Waals surface area contributed by atoms with Gasteiger partial charge in [0, 0.05) is 36.0 Å². The second-order valence-electron chi connectivity index (χ2n) is 8.41. The van der Waals surface area contributed by atoms with Crippen LogP contribution in [0.15, 0.2) is 48.7 Å². The van der Waals surface area contributed by atoms with Gasteiger partial charge < -0.3 is 9.88 Å². The Labute approximate surface area is 201 Å². The highest BCUT2D eigenvalue weighted by molar-refractivity contribution is 6.42. The van der Waals surface area contributed by atoms with Gasteiger partial charge >= 0.3 is 0 Å². The number of hydrogen-bond donors (Lipinski definition) is 1. The molecule has 0 saturated heterocycles. The van der Waals surface area contributed by atoms with Crippen molar-refractivity contribution in [2.24, 2.45) is 0 Å². The normalized spacial score (nSPS) is 13.3.